The average molecular weight is 319 g/mol. The summed E-state index contributed by atoms with van der Waals surface area (Å²) in [5.41, 5.74) is 1.11. The van der Waals surface area contributed by atoms with Crippen LogP contribution in [0.4, 0.5) is 0 Å². The molecule has 0 heterocycles. The summed E-state index contributed by atoms with van der Waals surface area (Å²) in [5, 5.41) is 11.7. The number of nitrogens with one attached hydrogen (secondary N) is 1. The molecular weight excluding hydrogens is 294 g/mol. The molecule has 0 saturated heterocycles. The van der Waals surface area contributed by atoms with Crippen LogP contribution in [-0.4, -0.2) is 29.2 Å². The van der Waals surface area contributed by atoms with Crippen molar-refractivity contribution in [3.63, 3.8) is 0 Å². The largest absolute Gasteiger partial charge is 0.478 e. The lowest BCUT2D eigenvalue weighted by atomic mass is 10.1. The van der Waals surface area contributed by atoms with Gasteiger partial charge in [-0.2, -0.15) is 0 Å². The number of aromatic carboxylic acids is 1. The zero-order valence-corrected chi connectivity index (χ0v) is 13.6. The first kappa shape index (κ1) is 17.5. The molecule has 0 aromatic heterocycles. The van der Waals surface area contributed by atoms with Crippen molar-refractivity contribution in [1.82, 2.24) is 5.32 Å². The van der Waals surface area contributed by atoms with Crippen LogP contribution in [0.2, 0.25) is 0 Å². The molecule has 1 aliphatic rings. The van der Waals surface area contributed by atoms with Gasteiger partial charge in [-0.3, -0.25) is 4.79 Å². The normalized spacial score (nSPS) is 17.3. The Labute approximate surface area is 137 Å². The van der Waals surface area contributed by atoms with Crippen molar-refractivity contribution in [3.8, 4) is 0 Å². The summed E-state index contributed by atoms with van der Waals surface area (Å²) in [6, 6.07) is 6.49. The molecule has 1 aromatic carbocycles. The Morgan fingerprint density at radius 3 is 2.35 bits per heavy atom. The highest BCUT2D eigenvalue weighted by atomic mass is 16.5. The van der Waals surface area contributed by atoms with Crippen molar-refractivity contribution in [3.05, 3.63) is 35.4 Å². The molecule has 5 nitrogen and oxygen atoms in total. The van der Waals surface area contributed by atoms with E-state index >= 15 is 0 Å². The van der Waals surface area contributed by atoms with Gasteiger partial charge in [0.2, 0.25) is 5.91 Å². The number of carboxylic acids is 1. The van der Waals surface area contributed by atoms with Crippen LogP contribution in [0.3, 0.4) is 0 Å². The molecule has 1 aliphatic carbocycles. The zero-order chi connectivity index (χ0) is 16.7. The predicted molar refractivity (Wildman–Crippen MR) is 87.3 cm³/mol. The average Bonchev–Trinajstić information content (AvgIpc) is 2.81. The number of rotatable bonds is 6. The van der Waals surface area contributed by atoms with Crippen LogP contribution in [-0.2, 0) is 16.1 Å². The molecule has 1 unspecified atom stereocenters. The maximum atomic E-state index is 12.1. The molecular formula is C18H25NO4. The van der Waals surface area contributed by atoms with Crippen molar-refractivity contribution in [2.45, 2.75) is 64.2 Å². The first-order valence-corrected chi connectivity index (χ1v) is 8.31. The molecule has 5 heteroatoms. The van der Waals surface area contributed by atoms with Crippen molar-refractivity contribution < 1.29 is 19.4 Å². The number of carboxylic acid groups (broad SMARTS) is 1. The van der Waals surface area contributed by atoms with Gasteiger partial charge in [0.1, 0.15) is 6.10 Å². The van der Waals surface area contributed by atoms with Gasteiger partial charge < -0.3 is 15.2 Å². The van der Waals surface area contributed by atoms with Crippen LogP contribution in [0.1, 0.15) is 61.4 Å². The van der Waals surface area contributed by atoms with E-state index < -0.39 is 12.1 Å². The Balaban J connectivity index is 1.77. The molecule has 1 amide bonds. The maximum absolute atomic E-state index is 12.1. The van der Waals surface area contributed by atoms with E-state index in [-0.39, 0.29) is 17.6 Å². The highest BCUT2D eigenvalue weighted by molar-refractivity contribution is 5.87. The van der Waals surface area contributed by atoms with Crippen LogP contribution in [0.5, 0.6) is 0 Å². The van der Waals surface area contributed by atoms with Gasteiger partial charge in [-0.1, -0.05) is 37.8 Å². The van der Waals surface area contributed by atoms with Gasteiger partial charge in [0.25, 0.3) is 0 Å². The Morgan fingerprint density at radius 2 is 1.78 bits per heavy atom. The van der Waals surface area contributed by atoms with E-state index in [0.29, 0.717) is 6.54 Å². The molecule has 23 heavy (non-hydrogen) atoms. The zero-order valence-electron chi connectivity index (χ0n) is 13.6. The van der Waals surface area contributed by atoms with Gasteiger partial charge in [-0.25, -0.2) is 4.79 Å². The van der Waals surface area contributed by atoms with E-state index in [4.69, 9.17) is 9.84 Å². The highest BCUT2D eigenvalue weighted by Crippen LogP contribution is 2.21. The second-order valence-electron chi connectivity index (χ2n) is 6.11. The number of carbonyl (C=O) groups excluding carboxylic acids is 1. The lowest BCUT2D eigenvalue weighted by Gasteiger charge is -2.20. The lowest BCUT2D eigenvalue weighted by Crippen LogP contribution is -2.36. The van der Waals surface area contributed by atoms with Crippen LogP contribution in [0.15, 0.2) is 24.3 Å². The minimum Gasteiger partial charge on any atom is -0.478 e. The molecule has 1 fully saturated rings. The smallest absolute Gasteiger partial charge is 0.335 e. The van der Waals surface area contributed by atoms with Crippen molar-refractivity contribution in [2.75, 3.05) is 0 Å². The molecule has 0 bridgehead atoms. The first-order chi connectivity index (χ1) is 11.1. The standard InChI is InChI=1S/C18H25NO4/c1-13(23-16-6-4-2-3-5-7-16)17(20)19-12-14-8-10-15(11-9-14)18(21)22/h8-11,13,16H,2-7,12H2,1H3,(H,19,20)(H,21,22). The minimum absolute atomic E-state index is 0.128. The van der Waals surface area contributed by atoms with Crippen molar-refractivity contribution in [2.24, 2.45) is 0 Å². The van der Waals surface area contributed by atoms with Crippen molar-refractivity contribution in [1.29, 1.82) is 0 Å². The van der Waals surface area contributed by atoms with Gasteiger partial charge in [-0.05, 0) is 37.5 Å². The van der Waals surface area contributed by atoms with Crippen LogP contribution < -0.4 is 5.32 Å². The number of amides is 1. The molecule has 0 radical (unpaired) electrons. The third kappa shape index (κ3) is 5.67. The van der Waals surface area contributed by atoms with Crippen molar-refractivity contribution >= 4 is 11.9 Å². The summed E-state index contributed by atoms with van der Waals surface area (Å²) in [6.45, 7) is 2.16. The van der Waals surface area contributed by atoms with Crippen LogP contribution >= 0.6 is 0 Å². The molecule has 0 aliphatic heterocycles. The minimum atomic E-state index is -0.953. The van der Waals surface area contributed by atoms with E-state index in [1.54, 1.807) is 19.1 Å². The molecule has 2 N–H and O–H groups in total. The second-order valence-corrected chi connectivity index (χ2v) is 6.11. The fraction of sp³-hybridized carbons (Fsp3) is 0.556. The van der Waals surface area contributed by atoms with Gasteiger partial charge in [0.05, 0.1) is 11.7 Å². The van der Waals surface area contributed by atoms with Gasteiger partial charge >= 0.3 is 5.97 Å². The first-order valence-electron chi connectivity index (χ1n) is 8.31. The quantitative estimate of drug-likeness (QED) is 0.790. The summed E-state index contributed by atoms with van der Waals surface area (Å²) in [4.78, 5) is 22.9. The maximum Gasteiger partial charge on any atom is 0.335 e. The summed E-state index contributed by atoms with van der Waals surface area (Å²) in [5.74, 6) is -1.08. The van der Waals surface area contributed by atoms with Gasteiger partial charge in [-0.15, -0.1) is 0 Å². The molecule has 1 atom stereocenters. The Hall–Kier alpha value is -1.88. The SMILES string of the molecule is CC(OC1CCCCCC1)C(=O)NCc1ccc(C(=O)O)cc1. The molecule has 0 spiro atoms. The number of carbonyl (C=O) groups is 2. The van der Waals surface area contributed by atoms with E-state index in [0.717, 1.165) is 18.4 Å². The summed E-state index contributed by atoms with van der Waals surface area (Å²) in [6.07, 6.45) is 6.66. The third-order valence-corrected chi connectivity index (χ3v) is 4.24. The second kappa shape index (κ2) is 8.67. The number of hydrogen-bond acceptors (Lipinski definition) is 3. The predicted octanol–water partition coefficient (Wildman–Crippen LogP) is 3.13. The topological polar surface area (TPSA) is 75.6 Å². The molecule has 1 saturated carbocycles. The molecule has 1 aromatic rings. The Morgan fingerprint density at radius 1 is 1.17 bits per heavy atom. The molecule has 2 rings (SSSR count). The van der Waals surface area contributed by atoms with E-state index in [1.807, 2.05) is 0 Å². The number of benzene rings is 1. The summed E-state index contributed by atoms with van der Waals surface area (Å²) < 4.78 is 5.88. The van der Waals surface area contributed by atoms with E-state index in [9.17, 15) is 9.59 Å². The fourth-order valence-electron chi connectivity index (χ4n) is 2.83. The third-order valence-electron chi connectivity index (χ3n) is 4.24. The summed E-state index contributed by atoms with van der Waals surface area (Å²) >= 11 is 0. The Bertz CT molecular complexity index is 518. The monoisotopic (exact) mass is 319 g/mol. The van der Waals surface area contributed by atoms with E-state index in [1.165, 1.54) is 37.8 Å². The number of ether oxygens (including phenoxy) is 1. The highest BCUT2D eigenvalue weighted by Gasteiger charge is 2.20. The van der Waals surface area contributed by atoms with Crippen LogP contribution in [0.25, 0.3) is 0 Å². The van der Waals surface area contributed by atoms with Crippen LogP contribution in [0, 0.1) is 0 Å². The Kier molecular flexibility index (Phi) is 6.59. The summed E-state index contributed by atoms with van der Waals surface area (Å²) in [7, 11) is 0. The molecule has 126 valence electrons. The fourth-order valence-corrected chi connectivity index (χ4v) is 2.83. The van der Waals surface area contributed by atoms with E-state index in [2.05, 4.69) is 5.32 Å². The lowest BCUT2D eigenvalue weighted by molar-refractivity contribution is -0.136. The van der Waals surface area contributed by atoms with Gasteiger partial charge in [0.15, 0.2) is 0 Å². The van der Waals surface area contributed by atoms with Gasteiger partial charge in [0, 0.05) is 6.54 Å². The number of hydrogen-bond donors (Lipinski definition) is 2.